The van der Waals surface area contributed by atoms with Crippen LogP contribution in [0, 0.1) is 0 Å². The fraction of sp³-hybridized carbons (Fsp3) is 0.348. The molecule has 0 saturated carbocycles. The molecule has 28 heavy (non-hydrogen) atoms. The van der Waals surface area contributed by atoms with Crippen LogP contribution in [0.5, 0.6) is 0 Å². The van der Waals surface area contributed by atoms with Gasteiger partial charge >= 0.3 is 0 Å². The first-order chi connectivity index (χ1) is 13.6. The van der Waals surface area contributed by atoms with E-state index in [1.54, 1.807) is 0 Å². The molecule has 0 atom stereocenters. The topological polar surface area (TPSA) is 45.1 Å². The quantitative estimate of drug-likeness (QED) is 0.735. The number of piperazine rings is 1. The van der Waals surface area contributed by atoms with Crippen LogP contribution in [0.3, 0.4) is 0 Å². The smallest absolute Gasteiger partial charge is 0.0991 e. The van der Waals surface area contributed by atoms with Gasteiger partial charge in [-0.2, -0.15) is 0 Å². The minimum absolute atomic E-state index is 0.0388. The van der Waals surface area contributed by atoms with Crippen molar-refractivity contribution in [3.05, 3.63) is 71.8 Å². The van der Waals surface area contributed by atoms with Gasteiger partial charge in [-0.1, -0.05) is 32.0 Å². The molecule has 0 bridgehead atoms. The molecule has 3 heterocycles. The van der Waals surface area contributed by atoms with E-state index in [0.29, 0.717) is 0 Å². The number of fused-ring (bicyclic) bond motifs is 2. The van der Waals surface area contributed by atoms with Gasteiger partial charge in [0.1, 0.15) is 0 Å². The second-order valence-corrected chi connectivity index (χ2v) is 8.36. The van der Waals surface area contributed by atoms with Crippen LogP contribution >= 0.6 is 0 Å². The zero-order chi connectivity index (χ0) is 19.1. The molecule has 0 unspecified atom stereocenters. The number of hydrogen-bond acceptors (Lipinski definition) is 4. The summed E-state index contributed by atoms with van der Waals surface area (Å²) >= 11 is 0. The van der Waals surface area contributed by atoms with Gasteiger partial charge in [0.15, 0.2) is 0 Å². The van der Waals surface area contributed by atoms with Crippen molar-refractivity contribution in [3.63, 3.8) is 0 Å². The zero-order valence-electron chi connectivity index (χ0n) is 16.6. The van der Waals surface area contributed by atoms with E-state index in [2.05, 4.69) is 70.8 Å². The van der Waals surface area contributed by atoms with E-state index >= 15 is 0 Å². The number of aromatic nitrogens is 2. The van der Waals surface area contributed by atoms with Crippen molar-refractivity contribution in [2.75, 3.05) is 31.5 Å². The molecule has 0 spiro atoms. The lowest BCUT2D eigenvalue weighted by molar-refractivity contribution is 0.233. The monoisotopic (exact) mass is 373 g/mol. The molecule has 0 radical (unpaired) electrons. The molecule has 1 fully saturated rings. The minimum Gasteiger partial charge on any atom is -0.355 e. The summed E-state index contributed by atoms with van der Waals surface area (Å²) in [5.41, 5.74) is 7.59. The van der Waals surface area contributed by atoms with E-state index in [4.69, 9.17) is 0 Å². The summed E-state index contributed by atoms with van der Waals surface area (Å²) in [4.78, 5) is 6.70. The molecule has 5 rings (SSSR count). The van der Waals surface area contributed by atoms with Crippen LogP contribution in [-0.2, 0) is 12.0 Å². The normalized spacial score (nSPS) is 18.2. The third kappa shape index (κ3) is 3.01. The Morgan fingerprint density at radius 1 is 1.00 bits per heavy atom. The van der Waals surface area contributed by atoms with Crippen LogP contribution in [0.2, 0.25) is 0 Å². The number of hydrogen-bond donors (Lipinski definition) is 2. The largest absolute Gasteiger partial charge is 0.355 e. The summed E-state index contributed by atoms with van der Waals surface area (Å²) in [6, 6.07) is 13.6. The van der Waals surface area contributed by atoms with Crippen molar-refractivity contribution in [2.45, 2.75) is 25.8 Å². The van der Waals surface area contributed by atoms with E-state index in [9.17, 15) is 0 Å². The lowest BCUT2D eigenvalue weighted by Crippen LogP contribution is -2.42. The average molecular weight is 374 g/mol. The molecule has 144 valence electrons. The number of imidazole rings is 1. The highest BCUT2D eigenvalue weighted by molar-refractivity contribution is 5.77. The zero-order valence-corrected chi connectivity index (χ0v) is 16.6. The highest BCUT2D eigenvalue weighted by Gasteiger charge is 2.33. The number of anilines is 2. The Morgan fingerprint density at radius 2 is 1.86 bits per heavy atom. The maximum Gasteiger partial charge on any atom is 0.0991 e. The van der Waals surface area contributed by atoms with Gasteiger partial charge in [0.25, 0.3) is 0 Å². The Labute approximate surface area is 166 Å². The van der Waals surface area contributed by atoms with Gasteiger partial charge in [-0.3, -0.25) is 4.90 Å². The number of nitrogens with zero attached hydrogens (tertiary/aromatic N) is 3. The molecule has 1 saturated heterocycles. The van der Waals surface area contributed by atoms with E-state index in [1.807, 2.05) is 23.3 Å². The molecule has 0 aliphatic carbocycles. The summed E-state index contributed by atoms with van der Waals surface area (Å²) in [5, 5.41) is 7.10. The van der Waals surface area contributed by atoms with Gasteiger partial charge in [0.05, 0.1) is 6.33 Å². The molecular weight excluding hydrogens is 346 g/mol. The Balaban J connectivity index is 1.48. The van der Waals surface area contributed by atoms with Gasteiger partial charge in [0.2, 0.25) is 0 Å². The first-order valence-corrected chi connectivity index (χ1v) is 10.1. The molecule has 2 aliphatic rings. The first-order valence-electron chi connectivity index (χ1n) is 10.1. The fourth-order valence-corrected chi connectivity index (χ4v) is 4.49. The Bertz CT molecular complexity index is 984. The molecule has 2 N–H and O–H groups in total. The van der Waals surface area contributed by atoms with Crippen molar-refractivity contribution < 1.29 is 0 Å². The average Bonchev–Trinajstić information content (AvgIpc) is 3.24. The molecule has 2 aromatic carbocycles. The fourth-order valence-electron chi connectivity index (χ4n) is 4.49. The van der Waals surface area contributed by atoms with E-state index in [-0.39, 0.29) is 5.41 Å². The maximum absolute atomic E-state index is 4.17. The van der Waals surface area contributed by atoms with Crippen molar-refractivity contribution in [1.82, 2.24) is 19.8 Å². The molecule has 1 aromatic heterocycles. The molecule has 3 aromatic rings. The summed E-state index contributed by atoms with van der Waals surface area (Å²) in [5.74, 6) is 0. The number of benzene rings is 2. The summed E-state index contributed by atoms with van der Waals surface area (Å²) in [6.07, 6.45) is 5.63. The van der Waals surface area contributed by atoms with Crippen LogP contribution in [0.1, 0.15) is 30.5 Å². The van der Waals surface area contributed by atoms with Crippen molar-refractivity contribution in [1.29, 1.82) is 0 Å². The van der Waals surface area contributed by atoms with Crippen LogP contribution < -0.4 is 10.6 Å². The third-order valence-electron chi connectivity index (χ3n) is 6.12. The maximum atomic E-state index is 4.17. The van der Waals surface area contributed by atoms with Gasteiger partial charge in [-0.15, -0.1) is 0 Å². The van der Waals surface area contributed by atoms with Crippen LogP contribution in [0.25, 0.3) is 5.69 Å². The lowest BCUT2D eigenvalue weighted by Gasteiger charge is -2.36. The molecular formula is C23H27N5. The van der Waals surface area contributed by atoms with Gasteiger partial charge in [-0.25, -0.2) is 4.98 Å². The van der Waals surface area contributed by atoms with Crippen LogP contribution in [0.15, 0.2) is 55.1 Å². The molecule has 0 amide bonds. The number of nitrogens with one attached hydrogen (secondary N) is 2. The molecule has 5 nitrogen and oxygen atoms in total. The Kier molecular flexibility index (Phi) is 4.22. The summed E-state index contributed by atoms with van der Waals surface area (Å²) < 4.78 is 2.04. The standard InChI is InChI=1S/C23H27N5/c1-23(2)19-5-4-18(28-12-9-25-16-28)14-22(19)26-21-6-3-17(13-20(21)23)15-27-10-7-24-8-11-27/h3-6,9,12-14,16,24,26H,7-8,10-11,15H2,1-2H3. The highest BCUT2D eigenvalue weighted by Crippen LogP contribution is 2.46. The summed E-state index contributed by atoms with van der Waals surface area (Å²) in [6.45, 7) is 10.1. The van der Waals surface area contributed by atoms with Crippen molar-refractivity contribution in [2.24, 2.45) is 0 Å². The number of rotatable bonds is 3. The van der Waals surface area contributed by atoms with Gasteiger partial charge in [0, 0.05) is 67.6 Å². The van der Waals surface area contributed by atoms with Gasteiger partial charge < -0.3 is 15.2 Å². The van der Waals surface area contributed by atoms with Crippen LogP contribution in [-0.4, -0.2) is 40.6 Å². The van der Waals surface area contributed by atoms with Crippen molar-refractivity contribution >= 4 is 11.4 Å². The first kappa shape index (κ1) is 17.5. The van der Waals surface area contributed by atoms with E-state index in [1.165, 1.54) is 28.1 Å². The Hall–Kier alpha value is -2.63. The highest BCUT2D eigenvalue weighted by atomic mass is 15.2. The molecule has 2 aliphatic heterocycles. The predicted molar refractivity (Wildman–Crippen MR) is 114 cm³/mol. The molecule has 5 heteroatoms. The van der Waals surface area contributed by atoms with Crippen LogP contribution in [0.4, 0.5) is 11.4 Å². The van der Waals surface area contributed by atoms with E-state index < -0.39 is 0 Å². The van der Waals surface area contributed by atoms with Crippen molar-refractivity contribution in [3.8, 4) is 5.69 Å². The lowest BCUT2D eigenvalue weighted by atomic mass is 9.74. The second-order valence-electron chi connectivity index (χ2n) is 8.36. The third-order valence-corrected chi connectivity index (χ3v) is 6.12. The predicted octanol–water partition coefficient (Wildman–Crippen LogP) is 3.66. The van der Waals surface area contributed by atoms with Gasteiger partial charge in [-0.05, 0) is 34.9 Å². The Morgan fingerprint density at radius 3 is 2.64 bits per heavy atom. The minimum atomic E-state index is -0.0388. The van der Waals surface area contributed by atoms with E-state index in [0.717, 1.165) is 38.4 Å². The SMILES string of the molecule is CC1(C)c2ccc(-n3ccnc3)cc2Nc2ccc(CN3CCNCC3)cc21. The second kappa shape index (κ2) is 6.76. The summed E-state index contributed by atoms with van der Waals surface area (Å²) in [7, 11) is 0.